The second kappa shape index (κ2) is 8.29. The first-order valence-electron chi connectivity index (χ1n) is 8.54. The molecule has 0 radical (unpaired) electrons. The maximum Gasteiger partial charge on any atom is 0.255 e. The van der Waals surface area contributed by atoms with Crippen LogP contribution in [0.1, 0.15) is 16.1 Å². The number of piperazine rings is 1. The van der Waals surface area contributed by atoms with Crippen molar-refractivity contribution in [3.63, 3.8) is 0 Å². The molecule has 1 N–H and O–H groups in total. The number of carbonyl (C=O) groups excluding carboxylic acids is 2. The Morgan fingerprint density at radius 1 is 1.29 bits per heavy atom. The van der Waals surface area contributed by atoms with Crippen LogP contribution in [0, 0.1) is 12.3 Å². The molecule has 2 aromatic rings. The van der Waals surface area contributed by atoms with Crippen molar-refractivity contribution in [3.8, 4) is 12.3 Å². The third-order valence-electron chi connectivity index (χ3n) is 4.24. The van der Waals surface area contributed by atoms with Gasteiger partial charge < -0.3 is 14.6 Å². The lowest BCUT2D eigenvalue weighted by Crippen LogP contribution is -2.49. The SMILES string of the molecule is C#CCN(Cc1ccco1)C(=O)c1ccc(S(=O)(=O)N2CCNC(=O)C2)cc1. The van der Waals surface area contributed by atoms with Crippen molar-refractivity contribution in [1.29, 1.82) is 0 Å². The summed E-state index contributed by atoms with van der Waals surface area (Å²) in [5, 5.41) is 2.58. The fourth-order valence-electron chi connectivity index (χ4n) is 2.82. The van der Waals surface area contributed by atoms with E-state index in [2.05, 4.69) is 11.2 Å². The molecule has 146 valence electrons. The number of sulfonamides is 1. The first-order chi connectivity index (χ1) is 13.4. The zero-order valence-corrected chi connectivity index (χ0v) is 15.8. The van der Waals surface area contributed by atoms with Gasteiger partial charge in [-0.05, 0) is 36.4 Å². The first-order valence-corrected chi connectivity index (χ1v) is 9.98. The summed E-state index contributed by atoms with van der Waals surface area (Å²) in [6.07, 6.45) is 6.87. The summed E-state index contributed by atoms with van der Waals surface area (Å²) < 4.78 is 31.7. The molecule has 1 aromatic heterocycles. The molecule has 2 amide bonds. The molecule has 1 aliphatic rings. The third-order valence-corrected chi connectivity index (χ3v) is 6.10. The molecule has 0 unspecified atom stereocenters. The Bertz CT molecular complexity index is 991. The number of carbonyl (C=O) groups is 2. The highest BCUT2D eigenvalue weighted by molar-refractivity contribution is 7.89. The van der Waals surface area contributed by atoms with Crippen molar-refractivity contribution in [3.05, 3.63) is 54.0 Å². The number of amides is 2. The second-order valence-corrected chi connectivity index (χ2v) is 8.10. The molecule has 9 heteroatoms. The fourth-order valence-corrected chi connectivity index (χ4v) is 4.22. The van der Waals surface area contributed by atoms with Crippen molar-refractivity contribution < 1.29 is 22.4 Å². The van der Waals surface area contributed by atoms with Crippen LogP contribution in [0.5, 0.6) is 0 Å². The molecule has 0 spiro atoms. The highest BCUT2D eigenvalue weighted by Crippen LogP contribution is 2.18. The van der Waals surface area contributed by atoms with Crippen molar-refractivity contribution in [1.82, 2.24) is 14.5 Å². The summed E-state index contributed by atoms with van der Waals surface area (Å²) in [4.78, 5) is 25.7. The van der Waals surface area contributed by atoms with E-state index in [1.165, 1.54) is 35.4 Å². The van der Waals surface area contributed by atoms with Crippen LogP contribution in [0.4, 0.5) is 0 Å². The lowest BCUT2D eigenvalue weighted by Gasteiger charge is -2.26. The van der Waals surface area contributed by atoms with Crippen molar-refractivity contribution >= 4 is 21.8 Å². The van der Waals surface area contributed by atoms with Crippen LogP contribution in [-0.2, 0) is 21.4 Å². The molecule has 1 aliphatic heterocycles. The number of terminal acetylenes is 1. The molecule has 0 saturated carbocycles. The van der Waals surface area contributed by atoms with Crippen LogP contribution in [-0.4, -0.2) is 55.6 Å². The van der Waals surface area contributed by atoms with E-state index >= 15 is 0 Å². The Morgan fingerprint density at radius 3 is 2.64 bits per heavy atom. The average Bonchev–Trinajstić information content (AvgIpc) is 3.20. The van der Waals surface area contributed by atoms with Gasteiger partial charge in [-0.1, -0.05) is 5.92 Å². The lowest BCUT2D eigenvalue weighted by atomic mass is 10.2. The van der Waals surface area contributed by atoms with Crippen LogP contribution in [0.15, 0.2) is 52.0 Å². The molecular weight excluding hydrogens is 382 g/mol. The standard InChI is InChI=1S/C19H19N3O5S/c1-2-10-21(13-16-4-3-12-27-16)19(24)15-5-7-17(8-6-15)28(25,26)22-11-9-20-18(23)14-22/h1,3-8,12H,9-11,13-14H2,(H,20,23). The molecule has 0 atom stereocenters. The number of hydrogen-bond acceptors (Lipinski definition) is 5. The van der Waals surface area contributed by atoms with E-state index in [4.69, 9.17) is 10.8 Å². The summed E-state index contributed by atoms with van der Waals surface area (Å²) in [6.45, 7) is 0.542. The van der Waals surface area contributed by atoms with Crippen molar-refractivity contribution in [2.24, 2.45) is 0 Å². The summed E-state index contributed by atoms with van der Waals surface area (Å²) in [5.41, 5.74) is 0.303. The minimum absolute atomic E-state index is 0.0216. The van der Waals surface area contributed by atoms with Gasteiger partial charge in [0.15, 0.2) is 0 Å². The van der Waals surface area contributed by atoms with Gasteiger partial charge in [-0.2, -0.15) is 4.31 Å². The summed E-state index contributed by atoms with van der Waals surface area (Å²) in [5.74, 6) is 2.35. The highest BCUT2D eigenvalue weighted by Gasteiger charge is 2.29. The smallest absolute Gasteiger partial charge is 0.255 e. The van der Waals surface area contributed by atoms with Gasteiger partial charge in [0.25, 0.3) is 5.91 Å². The second-order valence-electron chi connectivity index (χ2n) is 6.16. The Hall–Kier alpha value is -3.09. The molecule has 3 rings (SSSR count). The molecule has 1 saturated heterocycles. The topological polar surface area (TPSA) is 99.9 Å². The normalized spacial score (nSPS) is 14.9. The van der Waals surface area contributed by atoms with Gasteiger partial charge in [0.1, 0.15) is 5.76 Å². The van der Waals surface area contributed by atoms with Gasteiger partial charge in [-0.25, -0.2) is 8.42 Å². The van der Waals surface area contributed by atoms with E-state index in [1.807, 2.05) is 0 Å². The molecule has 8 nitrogen and oxygen atoms in total. The van der Waals surface area contributed by atoms with Gasteiger partial charge in [0.2, 0.25) is 15.9 Å². The van der Waals surface area contributed by atoms with E-state index in [1.54, 1.807) is 12.1 Å². The zero-order chi connectivity index (χ0) is 20.1. The number of nitrogens with zero attached hydrogens (tertiary/aromatic N) is 2. The quantitative estimate of drug-likeness (QED) is 0.718. The number of benzene rings is 1. The van der Waals surface area contributed by atoms with Gasteiger partial charge in [-0.15, -0.1) is 6.42 Å². The number of rotatable bonds is 6. The maximum atomic E-state index is 12.7. The first kappa shape index (κ1) is 19.7. The van der Waals surface area contributed by atoms with Crippen LogP contribution < -0.4 is 5.32 Å². The summed E-state index contributed by atoms with van der Waals surface area (Å²) in [7, 11) is -3.81. The van der Waals surface area contributed by atoms with Gasteiger partial charge >= 0.3 is 0 Å². The van der Waals surface area contributed by atoms with Crippen LogP contribution >= 0.6 is 0 Å². The predicted octanol–water partition coefficient (Wildman–Crippen LogP) is 0.676. The van der Waals surface area contributed by atoms with Crippen molar-refractivity contribution in [2.75, 3.05) is 26.2 Å². The predicted molar refractivity (Wildman–Crippen MR) is 100 cm³/mol. The Kier molecular flexibility index (Phi) is 5.82. The van der Waals surface area contributed by atoms with E-state index in [-0.39, 0.29) is 49.4 Å². The van der Waals surface area contributed by atoms with E-state index in [0.717, 1.165) is 4.31 Å². The van der Waals surface area contributed by atoms with Gasteiger partial charge in [0, 0.05) is 18.7 Å². The van der Waals surface area contributed by atoms with E-state index in [9.17, 15) is 18.0 Å². The Balaban J connectivity index is 1.78. The molecule has 2 heterocycles. The largest absolute Gasteiger partial charge is 0.467 e. The summed E-state index contributed by atoms with van der Waals surface area (Å²) >= 11 is 0. The maximum absolute atomic E-state index is 12.7. The average molecular weight is 401 g/mol. The van der Waals surface area contributed by atoms with Gasteiger partial charge in [-0.3, -0.25) is 9.59 Å². The number of furan rings is 1. The third kappa shape index (κ3) is 4.24. The number of nitrogens with one attached hydrogen (secondary N) is 1. The van der Waals surface area contributed by atoms with Crippen LogP contribution in [0.2, 0.25) is 0 Å². The Morgan fingerprint density at radius 2 is 2.04 bits per heavy atom. The molecule has 28 heavy (non-hydrogen) atoms. The van der Waals surface area contributed by atoms with Crippen molar-refractivity contribution in [2.45, 2.75) is 11.4 Å². The minimum Gasteiger partial charge on any atom is -0.467 e. The van der Waals surface area contributed by atoms with E-state index < -0.39 is 10.0 Å². The van der Waals surface area contributed by atoms with Crippen LogP contribution in [0.25, 0.3) is 0 Å². The number of hydrogen-bond donors (Lipinski definition) is 1. The minimum atomic E-state index is -3.81. The monoisotopic (exact) mass is 401 g/mol. The molecule has 0 bridgehead atoms. The van der Waals surface area contributed by atoms with Crippen LogP contribution in [0.3, 0.4) is 0 Å². The molecule has 0 aliphatic carbocycles. The highest BCUT2D eigenvalue weighted by atomic mass is 32.2. The molecular formula is C19H19N3O5S. The Labute approximate surface area is 163 Å². The zero-order valence-electron chi connectivity index (χ0n) is 15.0. The molecule has 1 fully saturated rings. The summed E-state index contributed by atoms with van der Waals surface area (Å²) in [6, 6.07) is 9.04. The fraction of sp³-hybridized carbons (Fsp3) is 0.263. The molecule has 1 aromatic carbocycles. The lowest BCUT2D eigenvalue weighted by molar-refractivity contribution is -0.122. The van der Waals surface area contributed by atoms with E-state index in [0.29, 0.717) is 11.3 Å². The van der Waals surface area contributed by atoms with Gasteiger partial charge in [0.05, 0.1) is 30.8 Å².